The van der Waals surface area contributed by atoms with E-state index in [-0.39, 0.29) is 17.3 Å². The molecule has 2 aromatic carbocycles. The van der Waals surface area contributed by atoms with E-state index >= 15 is 0 Å². The molecule has 35 heavy (non-hydrogen) atoms. The number of anilines is 2. The minimum atomic E-state index is -0.239. The summed E-state index contributed by atoms with van der Waals surface area (Å²) >= 11 is 6.39. The molecule has 7 heteroatoms. The minimum Gasteiger partial charge on any atom is -0.353 e. The Morgan fingerprint density at radius 1 is 1.03 bits per heavy atom. The van der Waals surface area contributed by atoms with E-state index in [1.165, 1.54) is 18.2 Å². The van der Waals surface area contributed by atoms with Crippen LogP contribution in [0.3, 0.4) is 0 Å². The number of carbonyl (C=O) groups is 1. The molecule has 1 saturated heterocycles. The largest absolute Gasteiger partial charge is 0.353 e. The first-order valence-electron chi connectivity index (χ1n) is 12.2. The van der Waals surface area contributed by atoms with Gasteiger partial charge in [-0.05, 0) is 79.8 Å². The van der Waals surface area contributed by atoms with Gasteiger partial charge in [0.15, 0.2) is 0 Å². The van der Waals surface area contributed by atoms with Crippen LogP contribution in [0.25, 0.3) is 0 Å². The van der Waals surface area contributed by atoms with E-state index in [0.717, 1.165) is 36.8 Å². The van der Waals surface area contributed by atoms with Crippen LogP contribution >= 0.6 is 11.6 Å². The van der Waals surface area contributed by atoms with E-state index in [1.54, 1.807) is 16.8 Å². The molecular weight excluding hydrogens is 465 g/mol. The Kier molecular flexibility index (Phi) is 6.65. The summed E-state index contributed by atoms with van der Waals surface area (Å²) in [5, 5.41) is 3.77. The van der Waals surface area contributed by atoms with E-state index in [2.05, 4.69) is 5.32 Å². The highest BCUT2D eigenvalue weighted by Gasteiger charge is 2.28. The third-order valence-corrected chi connectivity index (χ3v) is 7.35. The summed E-state index contributed by atoms with van der Waals surface area (Å²) in [4.78, 5) is 28.4. The number of carbonyl (C=O) groups excluding carboxylic acids is 1. The zero-order valence-electron chi connectivity index (χ0n) is 19.8. The molecule has 5 nitrogen and oxygen atoms in total. The lowest BCUT2D eigenvalue weighted by Crippen LogP contribution is -2.39. The highest BCUT2D eigenvalue weighted by molar-refractivity contribution is 6.33. The number of nitrogens with zero attached hydrogens (tertiary/aromatic N) is 2. The average molecular weight is 494 g/mol. The zero-order chi connectivity index (χ0) is 24.5. The summed E-state index contributed by atoms with van der Waals surface area (Å²) in [6.45, 7) is 3.81. The average Bonchev–Trinajstić information content (AvgIpc) is 3.67. The van der Waals surface area contributed by atoms with Crippen molar-refractivity contribution in [3.63, 3.8) is 0 Å². The molecule has 1 saturated carbocycles. The molecule has 1 N–H and O–H groups in total. The van der Waals surface area contributed by atoms with Gasteiger partial charge in [0.2, 0.25) is 0 Å². The molecular formula is C28H29ClFN3O2. The van der Waals surface area contributed by atoms with Crippen molar-refractivity contribution in [2.45, 2.75) is 45.1 Å². The van der Waals surface area contributed by atoms with Gasteiger partial charge >= 0.3 is 0 Å². The second-order valence-electron chi connectivity index (χ2n) is 9.76. The fourth-order valence-electron chi connectivity index (χ4n) is 4.77. The topological polar surface area (TPSA) is 54.3 Å². The van der Waals surface area contributed by atoms with Crippen molar-refractivity contribution in [3.05, 3.63) is 92.6 Å². The Hall–Kier alpha value is -3.12. The summed E-state index contributed by atoms with van der Waals surface area (Å²) in [5.74, 6) is 0.467. The molecule has 0 radical (unpaired) electrons. The van der Waals surface area contributed by atoms with Crippen LogP contribution in [0.4, 0.5) is 15.8 Å². The van der Waals surface area contributed by atoms with Crippen molar-refractivity contribution in [1.82, 2.24) is 9.47 Å². The van der Waals surface area contributed by atoms with E-state index < -0.39 is 0 Å². The number of halogens is 2. The van der Waals surface area contributed by atoms with Gasteiger partial charge < -0.3 is 14.8 Å². The zero-order valence-corrected chi connectivity index (χ0v) is 20.5. The maximum Gasteiger partial charge on any atom is 0.257 e. The standard InChI is InChI=1S/C28H29ClFN3O2/c1-18-2-9-24(29)26(14-18)31-25-15-27(34)33(16-19-3-4-19)17-23(25)28(35)32-12-10-21(11-13-32)20-5-7-22(30)8-6-20/h2,5-9,14-15,17,19,21,31H,3-4,10-13,16H2,1H3. The van der Waals surface area contributed by atoms with Gasteiger partial charge in [0.05, 0.1) is 22.0 Å². The number of likely N-dealkylation sites (tertiary alicyclic amines) is 1. The van der Waals surface area contributed by atoms with E-state index in [1.807, 2.05) is 36.1 Å². The van der Waals surface area contributed by atoms with Gasteiger partial charge in [-0.15, -0.1) is 0 Å². The monoisotopic (exact) mass is 493 g/mol. The molecule has 1 aliphatic carbocycles. The SMILES string of the molecule is Cc1ccc(Cl)c(Nc2cc(=O)n(CC3CC3)cc2C(=O)N2CCC(c3ccc(F)cc3)CC2)c1. The van der Waals surface area contributed by atoms with Gasteiger partial charge in [0.1, 0.15) is 5.82 Å². The Labute approximate surface area is 209 Å². The molecule has 2 fully saturated rings. The maximum atomic E-state index is 13.7. The van der Waals surface area contributed by atoms with Crippen LogP contribution in [-0.4, -0.2) is 28.5 Å². The molecule has 2 heterocycles. The molecule has 1 aliphatic heterocycles. The minimum absolute atomic E-state index is 0.0987. The lowest BCUT2D eigenvalue weighted by molar-refractivity contribution is 0.0713. The predicted octanol–water partition coefficient (Wildman–Crippen LogP) is 6.12. The number of benzene rings is 2. The summed E-state index contributed by atoms with van der Waals surface area (Å²) < 4.78 is 15.0. The number of aryl methyl sites for hydroxylation is 1. The summed E-state index contributed by atoms with van der Waals surface area (Å²) in [6.07, 6.45) is 5.56. The number of pyridine rings is 1. The van der Waals surface area contributed by atoms with Crippen LogP contribution < -0.4 is 10.9 Å². The van der Waals surface area contributed by atoms with Crippen molar-refractivity contribution in [1.29, 1.82) is 0 Å². The molecule has 0 bridgehead atoms. The van der Waals surface area contributed by atoms with Crippen LogP contribution in [0.15, 0.2) is 59.5 Å². The first-order valence-corrected chi connectivity index (χ1v) is 12.6. The fraction of sp³-hybridized carbons (Fsp3) is 0.357. The molecule has 2 aliphatic rings. The van der Waals surface area contributed by atoms with Crippen molar-refractivity contribution < 1.29 is 9.18 Å². The van der Waals surface area contributed by atoms with E-state index in [9.17, 15) is 14.0 Å². The van der Waals surface area contributed by atoms with Gasteiger partial charge in [0.25, 0.3) is 11.5 Å². The highest BCUT2D eigenvalue weighted by Crippen LogP contribution is 2.33. The first-order chi connectivity index (χ1) is 16.9. The summed E-state index contributed by atoms with van der Waals surface area (Å²) in [5.41, 5.74) is 3.61. The Balaban J connectivity index is 1.40. The van der Waals surface area contributed by atoms with Crippen LogP contribution in [0.1, 0.15) is 53.1 Å². The second-order valence-corrected chi connectivity index (χ2v) is 10.2. The van der Waals surface area contributed by atoms with E-state index in [0.29, 0.717) is 53.4 Å². The maximum absolute atomic E-state index is 13.7. The molecule has 3 aromatic rings. The van der Waals surface area contributed by atoms with Gasteiger partial charge in [-0.2, -0.15) is 0 Å². The third-order valence-electron chi connectivity index (χ3n) is 7.02. The lowest BCUT2D eigenvalue weighted by atomic mass is 9.89. The van der Waals surface area contributed by atoms with Crippen LogP contribution in [0.5, 0.6) is 0 Å². The normalized spacial score (nSPS) is 16.4. The molecule has 0 atom stereocenters. The molecule has 0 spiro atoms. The summed E-state index contributed by atoms with van der Waals surface area (Å²) in [7, 11) is 0. The van der Waals surface area contributed by atoms with Crippen LogP contribution in [0.2, 0.25) is 5.02 Å². The number of rotatable bonds is 6. The number of amides is 1. The molecule has 0 unspecified atom stereocenters. The molecule has 182 valence electrons. The quantitative estimate of drug-likeness (QED) is 0.450. The molecule has 1 aromatic heterocycles. The van der Waals surface area contributed by atoms with Gasteiger partial charge in [-0.3, -0.25) is 9.59 Å². The summed E-state index contributed by atoms with van der Waals surface area (Å²) in [6, 6.07) is 13.8. The van der Waals surface area contributed by atoms with Gasteiger partial charge in [0, 0.05) is 31.9 Å². The van der Waals surface area contributed by atoms with Crippen molar-refractivity contribution >= 4 is 28.9 Å². The molecule has 5 rings (SSSR count). The lowest BCUT2D eigenvalue weighted by Gasteiger charge is -2.33. The number of nitrogens with one attached hydrogen (secondary N) is 1. The second kappa shape index (κ2) is 9.86. The van der Waals surface area contributed by atoms with Crippen LogP contribution in [-0.2, 0) is 6.54 Å². The van der Waals surface area contributed by atoms with Crippen molar-refractivity contribution in [3.8, 4) is 0 Å². The Bertz CT molecular complexity index is 1290. The number of piperidine rings is 1. The Morgan fingerprint density at radius 2 is 1.74 bits per heavy atom. The Morgan fingerprint density at radius 3 is 2.43 bits per heavy atom. The smallest absolute Gasteiger partial charge is 0.257 e. The number of aromatic nitrogens is 1. The predicted molar refractivity (Wildman–Crippen MR) is 137 cm³/mol. The molecule has 1 amide bonds. The first kappa shape index (κ1) is 23.6. The number of hydrogen-bond acceptors (Lipinski definition) is 3. The van der Waals surface area contributed by atoms with Crippen molar-refractivity contribution in [2.24, 2.45) is 5.92 Å². The van der Waals surface area contributed by atoms with Gasteiger partial charge in [-0.25, -0.2) is 4.39 Å². The van der Waals surface area contributed by atoms with E-state index in [4.69, 9.17) is 11.6 Å². The van der Waals surface area contributed by atoms with Crippen LogP contribution in [0, 0.1) is 18.7 Å². The number of hydrogen-bond donors (Lipinski definition) is 1. The third kappa shape index (κ3) is 5.43. The highest BCUT2D eigenvalue weighted by atomic mass is 35.5. The van der Waals surface area contributed by atoms with Gasteiger partial charge in [-0.1, -0.05) is 29.8 Å². The van der Waals surface area contributed by atoms with Crippen molar-refractivity contribution in [2.75, 3.05) is 18.4 Å². The fourth-order valence-corrected chi connectivity index (χ4v) is 4.93.